The SMILES string of the molecule is Cc1ccc(C(O)CCCc2c[nH]cn2)c(C)c1. The number of aryl methyl sites for hydroxylation is 3. The van der Waals surface area contributed by atoms with E-state index in [9.17, 15) is 5.11 Å². The van der Waals surface area contributed by atoms with Gasteiger partial charge in [0.1, 0.15) is 0 Å². The first-order valence-corrected chi connectivity index (χ1v) is 6.39. The summed E-state index contributed by atoms with van der Waals surface area (Å²) in [5.41, 5.74) is 4.51. The molecule has 96 valence electrons. The molecule has 3 nitrogen and oxygen atoms in total. The largest absolute Gasteiger partial charge is 0.388 e. The molecule has 2 N–H and O–H groups in total. The second kappa shape index (κ2) is 5.83. The van der Waals surface area contributed by atoms with Crippen molar-refractivity contribution in [2.45, 2.75) is 39.2 Å². The first-order valence-electron chi connectivity index (χ1n) is 6.39. The summed E-state index contributed by atoms with van der Waals surface area (Å²) < 4.78 is 0. The molecule has 0 saturated carbocycles. The molecule has 0 fully saturated rings. The molecule has 2 rings (SSSR count). The number of aliphatic hydroxyl groups is 1. The van der Waals surface area contributed by atoms with Gasteiger partial charge in [-0.2, -0.15) is 0 Å². The lowest BCUT2D eigenvalue weighted by Crippen LogP contribution is -2.01. The van der Waals surface area contributed by atoms with Gasteiger partial charge in [0.15, 0.2) is 0 Å². The molecular weight excluding hydrogens is 224 g/mol. The molecule has 0 saturated heterocycles. The van der Waals surface area contributed by atoms with Gasteiger partial charge in [0.05, 0.1) is 18.1 Å². The highest BCUT2D eigenvalue weighted by Crippen LogP contribution is 2.23. The average Bonchev–Trinajstić information content (AvgIpc) is 2.81. The third-order valence-electron chi connectivity index (χ3n) is 3.25. The highest BCUT2D eigenvalue weighted by molar-refractivity contribution is 5.31. The highest BCUT2D eigenvalue weighted by Gasteiger charge is 2.10. The molecule has 0 aliphatic heterocycles. The molecule has 1 aromatic carbocycles. The van der Waals surface area contributed by atoms with E-state index in [-0.39, 0.29) is 6.10 Å². The molecule has 0 spiro atoms. The van der Waals surface area contributed by atoms with Crippen LogP contribution in [0.3, 0.4) is 0 Å². The minimum Gasteiger partial charge on any atom is -0.388 e. The second-order valence-corrected chi connectivity index (χ2v) is 4.83. The Morgan fingerprint density at radius 3 is 2.83 bits per heavy atom. The number of nitrogens with zero attached hydrogens (tertiary/aromatic N) is 1. The third-order valence-corrected chi connectivity index (χ3v) is 3.25. The van der Waals surface area contributed by atoms with Crippen LogP contribution in [-0.2, 0) is 6.42 Å². The Labute approximate surface area is 108 Å². The van der Waals surface area contributed by atoms with E-state index in [4.69, 9.17) is 0 Å². The lowest BCUT2D eigenvalue weighted by Gasteiger charge is -2.14. The standard InChI is InChI=1S/C15H20N2O/c1-11-6-7-14(12(2)8-11)15(18)5-3-4-13-9-16-10-17-13/h6-10,15,18H,3-5H2,1-2H3,(H,16,17). The Morgan fingerprint density at radius 2 is 2.17 bits per heavy atom. The van der Waals surface area contributed by atoms with Crippen molar-refractivity contribution in [3.05, 3.63) is 53.1 Å². The van der Waals surface area contributed by atoms with Gasteiger partial charge in [-0.3, -0.25) is 0 Å². The van der Waals surface area contributed by atoms with Crippen molar-refractivity contribution in [3.63, 3.8) is 0 Å². The minimum atomic E-state index is -0.371. The van der Waals surface area contributed by atoms with Gasteiger partial charge >= 0.3 is 0 Å². The molecule has 1 atom stereocenters. The van der Waals surface area contributed by atoms with Crippen molar-refractivity contribution < 1.29 is 5.11 Å². The predicted molar refractivity (Wildman–Crippen MR) is 72.4 cm³/mol. The fraction of sp³-hybridized carbons (Fsp3) is 0.400. The first-order chi connectivity index (χ1) is 8.66. The maximum Gasteiger partial charge on any atom is 0.0923 e. The Balaban J connectivity index is 1.89. The smallest absolute Gasteiger partial charge is 0.0923 e. The number of hydrogen-bond donors (Lipinski definition) is 2. The first kappa shape index (κ1) is 12.8. The predicted octanol–water partition coefficient (Wildman–Crippen LogP) is 3.08. The molecule has 0 bridgehead atoms. The maximum atomic E-state index is 10.2. The Kier molecular flexibility index (Phi) is 4.15. The number of H-pyrrole nitrogens is 1. The van der Waals surface area contributed by atoms with Crippen LogP contribution in [0.1, 0.15) is 41.3 Å². The topological polar surface area (TPSA) is 48.9 Å². The summed E-state index contributed by atoms with van der Waals surface area (Å²) in [4.78, 5) is 7.12. The van der Waals surface area contributed by atoms with Crippen LogP contribution in [0.4, 0.5) is 0 Å². The zero-order valence-electron chi connectivity index (χ0n) is 11.0. The molecule has 0 aliphatic carbocycles. The van der Waals surface area contributed by atoms with Crippen LogP contribution in [0.5, 0.6) is 0 Å². The van der Waals surface area contributed by atoms with Gasteiger partial charge in [-0.15, -0.1) is 0 Å². The molecular formula is C15H20N2O. The van der Waals surface area contributed by atoms with Crippen molar-refractivity contribution in [1.29, 1.82) is 0 Å². The minimum absolute atomic E-state index is 0.371. The summed E-state index contributed by atoms with van der Waals surface area (Å²) >= 11 is 0. The number of hydrogen-bond acceptors (Lipinski definition) is 2. The van der Waals surface area contributed by atoms with E-state index in [2.05, 4.69) is 35.9 Å². The van der Waals surface area contributed by atoms with Gasteiger partial charge in [-0.05, 0) is 44.2 Å². The van der Waals surface area contributed by atoms with E-state index in [1.165, 1.54) is 11.1 Å². The number of aliphatic hydroxyl groups excluding tert-OH is 1. The monoisotopic (exact) mass is 244 g/mol. The Bertz CT molecular complexity index is 491. The normalized spacial score (nSPS) is 12.6. The zero-order valence-corrected chi connectivity index (χ0v) is 11.0. The van der Waals surface area contributed by atoms with Crippen molar-refractivity contribution in [3.8, 4) is 0 Å². The zero-order chi connectivity index (χ0) is 13.0. The average molecular weight is 244 g/mol. The number of aromatic nitrogens is 2. The summed E-state index contributed by atoms with van der Waals surface area (Å²) in [6, 6.07) is 6.20. The van der Waals surface area contributed by atoms with E-state index >= 15 is 0 Å². The molecule has 3 heteroatoms. The van der Waals surface area contributed by atoms with Crippen molar-refractivity contribution >= 4 is 0 Å². The van der Waals surface area contributed by atoms with E-state index in [0.717, 1.165) is 30.5 Å². The number of imidazole rings is 1. The fourth-order valence-corrected chi connectivity index (χ4v) is 2.26. The number of rotatable bonds is 5. The van der Waals surface area contributed by atoms with Crippen LogP contribution in [-0.4, -0.2) is 15.1 Å². The van der Waals surface area contributed by atoms with E-state index in [0.29, 0.717) is 0 Å². The lowest BCUT2D eigenvalue weighted by molar-refractivity contribution is 0.164. The quantitative estimate of drug-likeness (QED) is 0.849. The van der Waals surface area contributed by atoms with Gasteiger partial charge in [-0.25, -0.2) is 4.98 Å². The number of benzene rings is 1. The Morgan fingerprint density at radius 1 is 1.33 bits per heavy atom. The van der Waals surface area contributed by atoms with Gasteiger partial charge in [0.25, 0.3) is 0 Å². The molecule has 1 heterocycles. The van der Waals surface area contributed by atoms with E-state index in [1.807, 2.05) is 12.3 Å². The summed E-state index contributed by atoms with van der Waals surface area (Å²) in [5, 5.41) is 10.2. The van der Waals surface area contributed by atoms with Gasteiger partial charge in [-0.1, -0.05) is 23.8 Å². The van der Waals surface area contributed by atoms with Gasteiger partial charge in [0.2, 0.25) is 0 Å². The lowest BCUT2D eigenvalue weighted by atomic mass is 9.97. The maximum absolute atomic E-state index is 10.2. The Hall–Kier alpha value is -1.61. The van der Waals surface area contributed by atoms with Crippen molar-refractivity contribution in [2.24, 2.45) is 0 Å². The van der Waals surface area contributed by atoms with Crippen LogP contribution in [0, 0.1) is 13.8 Å². The van der Waals surface area contributed by atoms with Crippen molar-refractivity contribution in [1.82, 2.24) is 9.97 Å². The van der Waals surface area contributed by atoms with Gasteiger partial charge < -0.3 is 10.1 Å². The van der Waals surface area contributed by atoms with Gasteiger partial charge in [0, 0.05) is 6.20 Å². The fourth-order valence-electron chi connectivity index (χ4n) is 2.26. The molecule has 0 amide bonds. The molecule has 0 radical (unpaired) electrons. The number of nitrogens with one attached hydrogen (secondary N) is 1. The molecule has 0 aliphatic rings. The molecule has 2 aromatic rings. The molecule has 18 heavy (non-hydrogen) atoms. The summed E-state index contributed by atoms with van der Waals surface area (Å²) in [6.45, 7) is 4.12. The van der Waals surface area contributed by atoms with Crippen LogP contribution in [0.2, 0.25) is 0 Å². The summed E-state index contributed by atoms with van der Waals surface area (Å²) in [6.07, 6.45) is 5.85. The van der Waals surface area contributed by atoms with Crippen molar-refractivity contribution in [2.75, 3.05) is 0 Å². The molecule has 1 unspecified atom stereocenters. The second-order valence-electron chi connectivity index (χ2n) is 4.83. The third kappa shape index (κ3) is 3.20. The number of aromatic amines is 1. The highest BCUT2D eigenvalue weighted by atomic mass is 16.3. The van der Waals surface area contributed by atoms with Crippen LogP contribution in [0.25, 0.3) is 0 Å². The van der Waals surface area contributed by atoms with E-state index in [1.54, 1.807) is 6.33 Å². The van der Waals surface area contributed by atoms with Crippen LogP contribution in [0.15, 0.2) is 30.7 Å². The van der Waals surface area contributed by atoms with Crippen LogP contribution < -0.4 is 0 Å². The summed E-state index contributed by atoms with van der Waals surface area (Å²) in [5.74, 6) is 0. The van der Waals surface area contributed by atoms with E-state index < -0.39 is 0 Å². The summed E-state index contributed by atoms with van der Waals surface area (Å²) in [7, 11) is 0. The van der Waals surface area contributed by atoms with Crippen LogP contribution >= 0.6 is 0 Å². The molecule has 1 aromatic heterocycles.